The number of rotatable bonds is 3. The van der Waals surface area contributed by atoms with Crippen molar-refractivity contribution in [3.05, 3.63) is 35.9 Å². The van der Waals surface area contributed by atoms with Crippen LogP contribution in [0.3, 0.4) is 0 Å². The van der Waals surface area contributed by atoms with E-state index in [1.54, 1.807) is 4.90 Å². The van der Waals surface area contributed by atoms with Crippen molar-refractivity contribution in [3.63, 3.8) is 0 Å². The molecule has 2 aliphatic heterocycles. The van der Waals surface area contributed by atoms with Gasteiger partial charge in [0, 0.05) is 31.7 Å². The van der Waals surface area contributed by atoms with Gasteiger partial charge in [-0.2, -0.15) is 0 Å². The van der Waals surface area contributed by atoms with E-state index in [2.05, 4.69) is 5.16 Å². The largest absolute Gasteiger partial charge is 0.389 e. The fourth-order valence-electron chi connectivity index (χ4n) is 3.03. The summed E-state index contributed by atoms with van der Waals surface area (Å²) in [5.41, 5.74) is 1.28. The highest BCUT2D eigenvalue weighted by atomic mass is 16.5. The number of hydrogen-bond donors (Lipinski definition) is 1. The van der Waals surface area contributed by atoms with Crippen LogP contribution in [0.4, 0.5) is 5.82 Å². The Balaban J connectivity index is 1.74. The van der Waals surface area contributed by atoms with Crippen LogP contribution in [0.2, 0.25) is 0 Å². The van der Waals surface area contributed by atoms with Gasteiger partial charge < -0.3 is 24.2 Å². The zero-order chi connectivity index (χ0) is 16.5. The third-order valence-corrected chi connectivity index (χ3v) is 4.38. The van der Waals surface area contributed by atoms with Crippen molar-refractivity contribution in [1.82, 2.24) is 10.1 Å². The maximum Gasteiger partial charge on any atom is 0.261 e. The molecule has 2 fully saturated rings. The minimum Gasteiger partial charge on any atom is -0.389 e. The summed E-state index contributed by atoms with van der Waals surface area (Å²) in [5, 5.41) is 13.7. The van der Waals surface area contributed by atoms with Crippen LogP contribution in [-0.4, -0.2) is 66.6 Å². The van der Waals surface area contributed by atoms with E-state index in [9.17, 15) is 9.90 Å². The van der Waals surface area contributed by atoms with Crippen LogP contribution in [0, 0.1) is 0 Å². The van der Waals surface area contributed by atoms with E-state index in [1.807, 2.05) is 35.2 Å². The quantitative estimate of drug-likeness (QED) is 0.905. The topological polar surface area (TPSA) is 79.0 Å². The van der Waals surface area contributed by atoms with Gasteiger partial charge in [-0.1, -0.05) is 35.5 Å². The summed E-state index contributed by atoms with van der Waals surface area (Å²) in [4.78, 5) is 16.6. The summed E-state index contributed by atoms with van der Waals surface area (Å²) in [7, 11) is 0. The highest BCUT2D eigenvalue weighted by Gasteiger charge is 2.36. The van der Waals surface area contributed by atoms with Crippen molar-refractivity contribution >= 4 is 11.7 Å². The molecule has 2 aliphatic rings. The Morgan fingerprint density at radius 3 is 2.54 bits per heavy atom. The number of carbonyl (C=O) groups excluding carboxylic acids is 1. The number of aliphatic hydroxyl groups is 1. The van der Waals surface area contributed by atoms with Crippen molar-refractivity contribution in [2.45, 2.75) is 6.10 Å². The molecule has 0 aliphatic carbocycles. The van der Waals surface area contributed by atoms with Crippen molar-refractivity contribution < 1.29 is 19.2 Å². The van der Waals surface area contributed by atoms with Gasteiger partial charge in [0.05, 0.1) is 19.3 Å². The SMILES string of the molecule is O=C(c1c(N2CCOCC2)noc1-c1ccccc1)N1CC(O)C1. The number of β-amino-alcohol motifs (C(OH)–C–C–N with tert-alkyl or cyclic N) is 1. The monoisotopic (exact) mass is 329 g/mol. The van der Waals surface area contributed by atoms with E-state index < -0.39 is 6.10 Å². The first-order chi connectivity index (χ1) is 11.7. The Bertz CT molecular complexity index is 719. The molecule has 0 radical (unpaired) electrons. The van der Waals surface area contributed by atoms with Crippen LogP contribution in [-0.2, 0) is 4.74 Å². The average Bonchev–Trinajstić information content (AvgIpc) is 3.05. The maximum atomic E-state index is 12.9. The summed E-state index contributed by atoms with van der Waals surface area (Å²) < 4.78 is 10.9. The first kappa shape index (κ1) is 15.2. The Morgan fingerprint density at radius 1 is 1.17 bits per heavy atom. The minimum absolute atomic E-state index is 0.151. The fraction of sp³-hybridized carbons (Fsp3) is 0.412. The lowest BCUT2D eigenvalue weighted by Crippen LogP contribution is -2.53. The van der Waals surface area contributed by atoms with Gasteiger partial charge in [-0.05, 0) is 0 Å². The molecule has 2 saturated heterocycles. The number of aromatic nitrogens is 1. The molecule has 1 aromatic heterocycles. The summed E-state index contributed by atoms with van der Waals surface area (Å²) in [6.07, 6.45) is -0.444. The first-order valence-electron chi connectivity index (χ1n) is 8.09. The van der Waals surface area contributed by atoms with Gasteiger partial charge in [0.25, 0.3) is 5.91 Å². The van der Waals surface area contributed by atoms with E-state index in [1.165, 1.54) is 0 Å². The highest BCUT2D eigenvalue weighted by Crippen LogP contribution is 2.33. The molecular weight excluding hydrogens is 310 g/mol. The molecule has 2 aromatic rings. The fourth-order valence-corrected chi connectivity index (χ4v) is 3.03. The number of hydrogen-bond acceptors (Lipinski definition) is 6. The number of ether oxygens (including phenoxy) is 1. The zero-order valence-corrected chi connectivity index (χ0v) is 13.2. The molecule has 126 valence electrons. The second-order valence-electron chi connectivity index (χ2n) is 6.04. The maximum absolute atomic E-state index is 12.9. The molecule has 0 unspecified atom stereocenters. The standard InChI is InChI=1S/C17H19N3O4/c21-13-10-20(11-13)17(22)14-15(12-4-2-1-3-5-12)24-18-16(14)19-6-8-23-9-7-19/h1-5,13,21H,6-11H2. The molecule has 4 rings (SSSR count). The third-order valence-electron chi connectivity index (χ3n) is 4.38. The molecule has 1 N–H and O–H groups in total. The van der Waals surface area contributed by atoms with Gasteiger partial charge in [-0.25, -0.2) is 0 Å². The van der Waals surface area contributed by atoms with Gasteiger partial charge in [0.2, 0.25) is 0 Å². The molecule has 7 nitrogen and oxygen atoms in total. The Labute approximate surface area is 139 Å². The van der Waals surface area contributed by atoms with E-state index in [0.29, 0.717) is 56.5 Å². The van der Waals surface area contributed by atoms with Crippen LogP contribution >= 0.6 is 0 Å². The van der Waals surface area contributed by atoms with Crippen LogP contribution < -0.4 is 4.90 Å². The van der Waals surface area contributed by atoms with Crippen LogP contribution in [0.15, 0.2) is 34.9 Å². The zero-order valence-electron chi connectivity index (χ0n) is 13.2. The lowest BCUT2D eigenvalue weighted by Gasteiger charge is -2.36. The van der Waals surface area contributed by atoms with E-state index in [-0.39, 0.29) is 5.91 Å². The van der Waals surface area contributed by atoms with E-state index in [0.717, 1.165) is 5.56 Å². The summed E-state index contributed by atoms with van der Waals surface area (Å²) in [5.74, 6) is 0.883. The molecule has 0 spiro atoms. The predicted octanol–water partition coefficient (Wildman–Crippen LogP) is 0.995. The number of likely N-dealkylation sites (tertiary alicyclic amines) is 1. The number of anilines is 1. The van der Waals surface area contributed by atoms with E-state index in [4.69, 9.17) is 9.26 Å². The second-order valence-corrected chi connectivity index (χ2v) is 6.04. The average molecular weight is 329 g/mol. The number of morpholine rings is 1. The molecule has 0 atom stereocenters. The normalized spacial score (nSPS) is 18.5. The number of carbonyl (C=O) groups is 1. The number of aliphatic hydroxyl groups excluding tert-OH is 1. The van der Waals surface area contributed by atoms with Crippen molar-refractivity contribution in [1.29, 1.82) is 0 Å². The molecule has 3 heterocycles. The molecule has 0 bridgehead atoms. The van der Waals surface area contributed by atoms with Crippen LogP contribution in [0.1, 0.15) is 10.4 Å². The summed E-state index contributed by atoms with van der Waals surface area (Å²) in [6, 6.07) is 9.49. The Kier molecular flexibility index (Phi) is 3.95. The third kappa shape index (κ3) is 2.65. The summed E-state index contributed by atoms with van der Waals surface area (Å²) >= 11 is 0. The Morgan fingerprint density at radius 2 is 1.88 bits per heavy atom. The van der Waals surface area contributed by atoms with Gasteiger partial charge in [-0.15, -0.1) is 0 Å². The van der Waals surface area contributed by atoms with Gasteiger partial charge in [-0.3, -0.25) is 4.79 Å². The molecule has 7 heteroatoms. The first-order valence-corrected chi connectivity index (χ1v) is 8.09. The van der Waals surface area contributed by atoms with Crippen LogP contribution in [0.25, 0.3) is 11.3 Å². The number of benzene rings is 1. The summed E-state index contributed by atoms with van der Waals surface area (Å²) in [6.45, 7) is 3.24. The van der Waals surface area contributed by atoms with E-state index >= 15 is 0 Å². The number of nitrogens with zero attached hydrogens (tertiary/aromatic N) is 3. The Hall–Kier alpha value is -2.38. The predicted molar refractivity (Wildman–Crippen MR) is 86.9 cm³/mol. The molecule has 1 amide bonds. The van der Waals surface area contributed by atoms with Crippen molar-refractivity contribution in [2.24, 2.45) is 0 Å². The minimum atomic E-state index is -0.444. The highest BCUT2D eigenvalue weighted by molar-refractivity contribution is 6.04. The molecular formula is C17H19N3O4. The molecule has 1 aromatic carbocycles. The van der Waals surface area contributed by atoms with Crippen LogP contribution in [0.5, 0.6) is 0 Å². The van der Waals surface area contributed by atoms with Gasteiger partial charge in [0.1, 0.15) is 5.56 Å². The number of amides is 1. The smallest absolute Gasteiger partial charge is 0.261 e. The lowest BCUT2D eigenvalue weighted by molar-refractivity contribution is 0.00593. The molecule has 24 heavy (non-hydrogen) atoms. The van der Waals surface area contributed by atoms with Crippen molar-refractivity contribution in [3.8, 4) is 11.3 Å². The second kappa shape index (κ2) is 6.26. The van der Waals surface area contributed by atoms with Crippen molar-refractivity contribution in [2.75, 3.05) is 44.3 Å². The lowest BCUT2D eigenvalue weighted by atomic mass is 10.0. The molecule has 0 saturated carbocycles. The van der Waals surface area contributed by atoms with Gasteiger partial charge in [0.15, 0.2) is 11.6 Å². The van der Waals surface area contributed by atoms with Gasteiger partial charge >= 0.3 is 0 Å².